The van der Waals surface area contributed by atoms with Gasteiger partial charge in [-0.05, 0) is 13.3 Å². The minimum Gasteiger partial charge on any atom is -0.396 e. The zero-order valence-corrected chi connectivity index (χ0v) is 7.72. The fourth-order valence-corrected chi connectivity index (χ4v) is 1.05. The molecule has 5 N–H and O–H groups in total. The Kier molecular flexibility index (Phi) is 5.43. The molecule has 0 aliphatic heterocycles. The van der Waals surface area contributed by atoms with E-state index in [1.807, 2.05) is 0 Å². The Morgan fingerprint density at radius 2 is 1.69 bits per heavy atom. The molecule has 5 nitrogen and oxygen atoms in total. The van der Waals surface area contributed by atoms with E-state index in [1.165, 1.54) is 6.92 Å². The topological polar surface area (TPSA) is 101 Å². The van der Waals surface area contributed by atoms with Crippen molar-refractivity contribution in [1.29, 1.82) is 0 Å². The van der Waals surface area contributed by atoms with Gasteiger partial charge in [0.15, 0.2) is 0 Å². The van der Waals surface area contributed by atoms with Gasteiger partial charge in [0.25, 0.3) is 0 Å². The number of hydrogen-bond donors (Lipinski definition) is 5. The van der Waals surface area contributed by atoms with Gasteiger partial charge < -0.3 is 25.5 Å². The summed E-state index contributed by atoms with van der Waals surface area (Å²) in [4.78, 5) is 0. The molecule has 13 heavy (non-hydrogen) atoms. The van der Waals surface area contributed by atoms with Crippen LogP contribution >= 0.6 is 0 Å². The SMILES string of the molecule is CC(O)(CCO)CC(O)C(O)CO. The molecule has 0 saturated heterocycles. The molecular formula is C8H18O5. The number of hydrogen-bond acceptors (Lipinski definition) is 5. The zero-order valence-electron chi connectivity index (χ0n) is 7.72. The highest BCUT2D eigenvalue weighted by Gasteiger charge is 2.27. The summed E-state index contributed by atoms with van der Waals surface area (Å²) in [6, 6.07) is 0. The fraction of sp³-hybridized carbons (Fsp3) is 1.00. The van der Waals surface area contributed by atoms with Crippen molar-refractivity contribution in [2.24, 2.45) is 0 Å². The minimum atomic E-state index is -1.25. The number of aliphatic hydroxyl groups excluding tert-OH is 4. The van der Waals surface area contributed by atoms with Crippen molar-refractivity contribution in [3.8, 4) is 0 Å². The van der Waals surface area contributed by atoms with Gasteiger partial charge in [-0.1, -0.05) is 0 Å². The van der Waals surface area contributed by atoms with Crippen LogP contribution in [0.2, 0.25) is 0 Å². The smallest absolute Gasteiger partial charge is 0.103 e. The van der Waals surface area contributed by atoms with Crippen molar-refractivity contribution < 1.29 is 25.5 Å². The first-order chi connectivity index (χ1) is 5.93. The Balaban J connectivity index is 3.94. The highest BCUT2D eigenvalue weighted by Crippen LogP contribution is 2.17. The molecule has 0 bridgehead atoms. The molecule has 5 heteroatoms. The van der Waals surface area contributed by atoms with E-state index in [1.54, 1.807) is 0 Å². The van der Waals surface area contributed by atoms with Crippen molar-refractivity contribution in [1.82, 2.24) is 0 Å². The van der Waals surface area contributed by atoms with Gasteiger partial charge in [0.1, 0.15) is 6.10 Å². The van der Waals surface area contributed by atoms with E-state index in [2.05, 4.69) is 0 Å². The highest BCUT2D eigenvalue weighted by molar-refractivity contribution is 4.79. The lowest BCUT2D eigenvalue weighted by Crippen LogP contribution is -2.38. The van der Waals surface area contributed by atoms with Crippen molar-refractivity contribution in [2.75, 3.05) is 13.2 Å². The zero-order chi connectivity index (χ0) is 10.5. The Bertz CT molecular complexity index is 136. The lowest BCUT2D eigenvalue weighted by molar-refractivity contribution is -0.0682. The molecule has 3 atom stereocenters. The molecule has 0 aliphatic rings. The van der Waals surface area contributed by atoms with Crippen LogP contribution in [0.3, 0.4) is 0 Å². The predicted octanol–water partition coefficient (Wildman–Crippen LogP) is -1.78. The molecule has 0 heterocycles. The van der Waals surface area contributed by atoms with Crippen LogP contribution in [0, 0.1) is 0 Å². The molecule has 3 unspecified atom stereocenters. The van der Waals surface area contributed by atoms with E-state index in [4.69, 9.17) is 15.3 Å². The van der Waals surface area contributed by atoms with Gasteiger partial charge in [0.05, 0.1) is 18.3 Å². The average molecular weight is 194 g/mol. The molecule has 0 radical (unpaired) electrons. The van der Waals surface area contributed by atoms with Crippen LogP contribution in [-0.2, 0) is 0 Å². The lowest BCUT2D eigenvalue weighted by Gasteiger charge is -2.26. The first-order valence-electron chi connectivity index (χ1n) is 4.23. The molecule has 0 spiro atoms. The van der Waals surface area contributed by atoms with Crippen LogP contribution in [0.4, 0.5) is 0 Å². The summed E-state index contributed by atoms with van der Waals surface area (Å²) in [5.74, 6) is 0. The average Bonchev–Trinajstić information content (AvgIpc) is 2.01. The van der Waals surface area contributed by atoms with Gasteiger partial charge in [-0.15, -0.1) is 0 Å². The van der Waals surface area contributed by atoms with Crippen LogP contribution in [0.15, 0.2) is 0 Å². The first kappa shape index (κ1) is 12.8. The third-order valence-electron chi connectivity index (χ3n) is 1.93. The van der Waals surface area contributed by atoms with E-state index < -0.39 is 24.4 Å². The van der Waals surface area contributed by atoms with E-state index in [0.29, 0.717) is 0 Å². The minimum absolute atomic E-state index is 0.0741. The third-order valence-corrected chi connectivity index (χ3v) is 1.93. The van der Waals surface area contributed by atoms with Crippen LogP contribution in [0.1, 0.15) is 19.8 Å². The maximum atomic E-state index is 9.52. The van der Waals surface area contributed by atoms with E-state index in [-0.39, 0.29) is 19.4 Å². The van der Waals surface area contributed by atoms with Gasteiger partial charge in [0.2, 0.25) is 0 Å². The lowest BCUT2D eigenvalue weighted by atomic mass is 9.93. The van der Waals surface area contributed by atoms with Gasteiger partial charge in [-0.3, -0.25) is 0 Å². The molecule has 0 aliphatic carbocycles. The summed E-state index contributed by atoms with van der Waals surface area (Å²) in [6.45, 7) is 0.724. The van der Waals surface area contributed by atoms with Gasteiger partial charge in [-0.2, -0.15) is 0 Å². The van der Waals surface area contributed by atoms with Crippen LogP contribution < -0.4 is 0 Å². The second-order valence-electron chi connectivity index (χ2n) is 3.49. The predicted molar refractivity (Wildman–Crippen MR) is 46.0 cm³/mol. The van der Waals surface area contributed by atoms with E-state index in [0.717, 1.165) is 0 Å². The molecule has 0 aromatic carbocycles. The summed E-state index contributed by atoms with van der Waals surface area (Å²) in [5, 5.41) is 44.8. The first-order valence-corrected chi connectivity index (χ1v) is 4.23. The van der Waals surface area contributed by atoms with Crippen LogP contribution in [0.5, 0.6) is 0 Å². The normalized spacial score (nSPS) is 20.8. The monoisotopic (exact) mass is 194 g/mol. The van der Waals surface area contributed by atoms with Crippen molar-refractivity contribution in [3.05, 3.63) is 0 Å². The Hall–Kier alpha value is -0.200. The summed E-state index contributed by atoms with van der Waals surface area (Å²) < 4.78 is 0. The third kappa shape index (κ3) is 5.17. The molecule has 0 aromatic rings. The molecule has 0 amide bonds. The quantitative estimate of drug-likeness (QED) is 0.344. The fourth-order valence-electron chi connectivity index (χ4n) is 1.05. The maximum absolute atomic E-state index is 9.52. The summed E-state index contributed by atoms with van der Waals surface area (Å²) in [7, 11) is 0. The molecule has 80 valence electrons. The molecule has 0 rings (SSSR count). The number of rotatable bonds is 6. The molecule has 0 saturated carbocycles. The largest absolute Gasteiger partial charge is 0.396 e. The second-order valence-corrected chi connectivity index (χ2v) is 3.49. The Labute approximate surface area is 77.3 Å². The van der Waals surface area contributed by atoms with Crippen LogP contribution in [-0.4, -0.2) is 56.6 Å². The van der Waals surface area contributed by atoms with Crippen LogP contribution in [0.25, 0.3) is 0 Å². The van der Waals surface area contributed by atoms with E-state index in [9.17, 15) is 10.2 Å². The van der Waals surface area contributed by atoms with E-state index >= 15 is 0 Å². The van der Waals surface area contributed by atoms with Gasteiger partial charge in [-0.25, -0.2) is 0 Å². The van der Waals surface area contributed by atoms with Crippen molar-refractivity contribution in [2.45, 2.75) is 37.6 Å². The summed E-state index contributed by atoms with van der Waals surface area (Å²) >= 11 is 0. The maximum Gasteiger partial charge on any atom is 0.103 e. The molecule has 0 aromatic heterocycles. The Morgan fingerprint density at radius 3 is 2.08 bits per heavy atom. The molecular weight excluding hydrogens is 176 g/mol. The highest BCUT2D eigenvalue weighted by atomic mass is 16.4. The van der Waals surface area contributed by atoms with Gasteiger partial charge >= 0.3 is 0 Å². The summed E-state index contributed by atoms with van der Waals surface area (Å²) in [6.07, 6.45) is -2.37. The summed E-state index contributed by atoms with van der Waals surface area (Å²) in [5.41, 5.74) is -1.22. The second kappa shape index (κ2) is 5.51. The molecule has 0 fully saturated rings. The number of aliphatic hydroxyl groups is 5. The Morgan fingerprint density at radius 1 is 1.15 bits per heavy atom. The van der Waals surface area contributed by atoms with Crippen molar-refractivity contribution in [3.63, 3.8) is 0 Å². The standard InChI is InChI=1S/C8H18O5/c1-8(13,2-3-9)4-6(11)7(12)5-10/h6-7,9-13H,2-5H2,1H3. The van der Waals surface area contributed by atoms with Crippen molar-refractivity contribution >= 4 is 0 Å². The van der Waals surface area contributed by atoms with Gasteiger partial charge in [0, 0.05) is 13.0 Å².